The molecule has 1 aliphatic rings. The molecule has 0 bridgehead atoms. The highest BCUT2D eigenvalue weighted by Gasteiger charge is 2.14. The van der Waals surface area contributed by atoms with Crippen LogP contribution in [-0.2, 0) is 0 Å². The number of nitrogens with one attached hydrogen (secondary N) is 2. The van der Waals surface area contributed by atoms with Gasteiger partial charge in [-0.25, -0.2) is 4.79 Å². The molecule has 3 nitrogen and oxygen atoms in total. The summed E-state index contributed by atoms with van der Waals surface area (Å²) in [6.45, 7) is 4.34. The lowest BCUT2D eigenvalue weighted by Crippen LogP contribution is -2.37. The normalized spacial score (nSPS) is 16.8. The van der Waals surface area contributed by atoms with Crippen LogP contribution in [0.4, 0.5) is 10.5 Å². The molecular weight excluding hydrogens is 248 g/mol. The monoisotopic (exact) mass is 274 g/mol. The van der Waals surface area contributed by atoms with Crippen LogP contribution in [0.2, 0.25) is 0 Å². The molecule has 1 saturated carbocycles. The van der Waals surface area contributed by atoms with E-state index in [4.69, 9.17) is 0 Å². The quantitative estimate of drug-likeness (QED) is 0.774. The predicted octanol–water partition coefficient (Wildman–Crippen LogP) is 4.65. The van der Waals surface area contributed by atoms with Gasteiger partial charge < -0.3 is 10.6 Å². The molecule has 2 amide bonds. The smallest absolute Gasteiger partial charge is 0.319 e. The molecule has 1 aromatic carbocycles. The fourth-order valence-electron chi connectivity index (χ4n) is 2.73. The number of amides is 2. The van der Waals surface area contributed by atoms with Crippen LogP contribution in [0.5, 0.6) is 0 Å². The van der Waals surface area contributed by atoms with Crippen LogP contribution in [0.15, 0.2) is 24.3 Å². The van der Waals surface area contributed by atoms with Crippen molar-refractivity contribution in [3.8, 4) is 0 Å². The second-order valence-corrected chi connectivity index (χ2v) is 6.06. The zero-order valence-corrected chi connectivity index (χ0v) is 12.6. The Balaban J connectivity index is 1.84. The van der Waals surface area contributed by atoms with Gasteiger partial charge in [0.1, 0.15) is 0 Å². The fraction of sp³-hybridized carbons (Fsp3) is 0.588. The summed E-state index contributed by atoms with van der Waals surface area (Å²) in [5, 5.41) is 6.02. The molecule has 0 heterocycles. The summed E-state index contributed by atoms with van der Waals surface area (Å²) in [5.74, 6) is 0.517. The Labute approximate surface area is 122 Å². The van der Waals surface area contributed by atoms with Crippen molar-refractivity contribution < 1.29 is 4.79 Å². The first-order valence-electron chi connectivity index (χ1n) is 7.82. The number of rotatable bonds is 3. The molecule has 0 atom stereocenters. The molecule has 0 aromatic heterocycles. The molecule has 1 aliphatic carbocycles. The lowest BCUT2D eigenvalue weighted by Gasteiger charge is -2.17. The largest absolute Gasteiger partial charge is 0.335 e. The van der Waals surface area contributed by atoms with E-state index in [1.807, 2.05) is 12.1 Å². The van der Waals surface area contributed by atoms with Gasteiger partial charge >= 0.3 is 6.03 Å². The van der Waals surface area contributed by atoms with E-state index in [0.717, 1.165) is 18.5 Å². The lowest BCUT2D eigenvalue weighted by molar-refractivity contribution is 0.247. The van der Waals surface area contributed by atoms with Crippen LogP contribution in [-0.4, -0.2) is 12.1 Å². The molecule has 20 heavy (non-hydrogen) atoms. The first-order valence-corrected chi connectivity index (χ1v) is 7.82. The number of carbonyl (C=O) groups is 1. The number of benzene rings is 1. The first-order chi connectivity index (χ1) is 9.65. The van der Waals surface area contributed by atoms with E-state index in [2.05, 4.69) is 36.6 Å². The minimum Gasteiger partial charge on any atom is -0.335 e. The van der Waals surface area contributed by atoms with Crippen molar-refractivity contribution in [3.05, 3.63) is 29.8 Å². The molecule has 0 spiro atoms. The molecule has 2 N–H and O–H groups in total. The molecule has 1 aromatic rings. The van der Waals surface area contributed by atoms with E-state index in [9.17, 15) is 4.79 Å². The minimum atomic E-state index is -0.0748. The minimum absolute atomic E-state index is 0.0748. The standard InChI is InChI=1S/C17H26N2O/c1-13(2)14-9-11-16(12-10-14)19-17(20)18-15-7-5-3-4-6-8-15/h9-13,15H,3-8H2,1-2H3,(H2,18,19,20). The summed E-state index contributed by atoms with van der Waals surface area (Å²) in [5.41, 5.74) is 2.15. The molecule has 110 valence electrons. The van der Waals surface area contributed by atoms with Gasteiger partial charge in [-0.05, 0) is 36.5 Å². The maximum absolute atomic E-state index is 12.0. The topological polar surface area (TPSA) is 41.1 Å². The Morgan fingerprint density at radius 3 is 2.20 bits per heavy atom. The van der Waals surface area contributed by atoms with E-state index in [1.54, 1.807) is 0 Å². The molecule has 0 saturated heterocycles. The summed E-state index contributed by atoms with van der Waals surface area (Å²) in [6.07, 6.45) is 7.29. The van der Waals surface area contributed by atoms with E-state index < -0.39 is 0 Å². The van der Waals surface area contributed by atoms with Gasteiger partial charge in [0.25, 0.3) is 0 Å². The number of urea groups is 1. The lowest BCUT2D eigenvalue weighted by atomic mass is 10.0. The van der Waals surface area contributed by atoms with E-state index >= 15 is 0 Å². The zero-order valence-electron chi connectivity index (χ0n) is 12.6. The Hall–Kier alpha value is -1.51. The molecule has 1 fully saturated rings. The van der Waals surface area contributed by atoms with Crippen LogP contribution < -0.4 is 10.6 Å². The highest BCUT2D eigenvalue weighted by Crippen LogP contribution is 2.18. The van der Waals surface area contributed by atoms with E-state index in [-0.39, 0.29) is 6.03 Å². The second kappa shape index (κ2) is 7.32. The second-order valence-electron chi connectivity index (χ2n) is 6.06. The van der Waals surface area contributed by atoms with Crippen LogP contribution >= 0.6 is 0 Å². The SMILES string of the molecule is CC(C)c1ccc(NC(=O)NC2CCCCCC2)cc1. The van der Waals surface area contributed by atoms with Crippen LogP contribution in [0.25, 0.3) is 0 Å². The Morgan fingerprint density at radius 2 is 1.65 bits per heavy atom. The van der Waals surface area contributed by atoms with Gasteiger partial charge in [-0.2, -0.15) is 0 Å². The van der Waals surface area contributed by atoms with Gasteiger partial charge in [-0.3, -0.25) is 0 Å². The highest BCUT2D eigenvalue weighted by molar-refractivity contribution is 5.89. The summed E-state index contributed by atoms with van der Waals surface area (Å²) < 4.78 is 0. The van der Waals surface area contributed by atoms with Gasteiger partial charge in [0.15, 0.2) is 0 Å². The highest BCUT2D eigenvalue weighted by atomic mass is 16.2. The number of hydrogen-bond donors (Lipinski definition) is 2. The van der Waals surface area contributed by atoms with E-state index in [1.165, 1.54) is 31.2 Å². The van der Waals surface area contributed by atoms with Gasteiger partial charge in [-0.1, -0.05) is 51.7 Å². The summed E-state index contributed by atoms with van der Waals surface area (Å²) >= 11 is 0. The molecule has 0 unspecified atom stereocenters. The Morgan fingerprint density at radius 1 is 1.05 bits per heavy atom. The summed E-state index contributed by atoms with van der Waals surface area (Å²) in [6, 6.07) is 8.36. The number of hydrogen-bond acceptors (Lipinski definition) is 1. The molecule has 2 rings (SSSR count). The van der Waals surface area contributed by atoms with Crippen molar-refractivity contribution in [2.24, 2.45) is 0 Å². The van der Waals surface area contributed by atoms with Crippen LogP contribution in [0, 0.1) is 0 Å². The fourth-order valence-corrected chi connectivity index (χ4v) is 2.73. The first kappa shape index (κ1) is 14.9. The maximum atomic E-state index is 12.0. The Kier molecular flexibility index (Phi) is 5.45. The molecule has 3 heteroatoms. The average molecular weight is 274 g/mol. The third-order valence-corrected chi connectivity index (χ3v) is 4.03. The third-order valence-electron chi connectivity index (χ3n) is 4.03. The van der Waals surface area contributed by atoms with Crippen molar-refractivity contribution in [1.29, 1.82) is 0 Å². The maximum Gasteiger partial charge on any atom is 0.319 e. The summed E-state index contributed by atoms with van der Waals surface area (Å²) in [7, 11) is 0. The van der Waals surface area contributed by atoms with Gasteiger partial charge in [0.05, 0.1) is 0 Å². The zero-order chi connectivity index (χ0) is 14.4. The Bertz CT molecular complexity index is 417. The van der Waals surface area contributed by atoms with Gasteiger partial charge in [0.2, 0.25) is 0 Å². The predicted molar refractivity (Wildman–Crippen MR) is 84.2 cm³/mol. The van der Waals surface area contributed by atoms with Crippen LogP contribution in [0.1, 0.15) is 63.9 Å². The number of anilines is 1. The van der Waals surface area contributed by atoms with Crippen molar-refractivity contribution in [2.75, 3.05) is 5.32 Å². The van der Waals surface area contributed by atoms with E-state index in [0.29, 0.717) is 12.0 Å². The third kappa shape index (κ3) is 4.55. The molecular formula is C17H26N2O. The average Bonchev–Trinajstić information content (AvgIpc) is 2.68. The number of carbonyl (C=O) groups excluding carboxylic acids is 1. The van der Waals surface area contributed by atoms with Crippen molar-refractivity contribution in [3.63, 3.8) is 0 Å². The van der Waals surface area contributed by atoms with Gasteiger partial charge in [-0.15, -0.1) is 0 Å². The molecule has 0 aliphatic heterocycles. The van der Waals surface area contributed by atoms with Crippen LogP contribution in [0.3, 0.4) is 0 Å². The van der Waals surface area contributed by atoms with Crippen molar-refractivity contribution in [2.45, 2.75) is 64.3 Å². The van der Waals surface area contributed by atoms with Gasteiger partial charge in [0, 0.05) is 11.7 Å². The van der Waals surface area contributed by atoms with Crippen molar-refractivity contribution in [1.82, 2.24) is 5.32 Å². The summed E-state index contributed by atoms with van der Waals surface area (Å²) in [4.78, 5) is 12.0. The van der Waals surface area contributed by atoms with Crippen molar-refractivity contribution >= 4 is 11.7 Å². The molecule has 0 radical (unpaired) electrons.